The Kier molecular flexibility index (Phi) is 7.43. The lowest BCUT2D eigenvalue weighted by atomic mass is 9.88. The largest absolute Gasteiger partial charge is 0.374 e. The molecule has 0 amide bonds. The van der Waals surface area contributed by atoms with Crippen molar-refractivity contribution in [3.05, 3.63) is 31.0 Å². The summed E-state index contributed by atoms with van der Waals surface area (Å²) >= 11 is 0. The zero-order valence-electron chi connectivity index (χ0n) is 16.1. The molecule has 26 heavy (non-hydrogen) atoms. The molecule has 2 aliphatic rings. The molecule has 0 radical (unpaired) electrons. The van der Waals surface area contributed by atoms with Crippen LogP contribution in [0.1, 0.15) is 30.7 Å². The molecule has 0 spiro atoms. The fourth-order valence-electron chi connectivity index (χ4n) is 3.81. The first-order valence-electron chi connectivity index (χ1n) is 9.38. The summed E-state index contributed by atoms with van der Waals surface area (Å²) in [6, 6.07) is 4.66. The molecule has 0 aromatic carbocycles. The lowest BCUT2D eigenvalue weighted by molar-refractivity contribution is 0.459. The van der Waals surface area contributed by atoms with Crippen molar-refractivity contribution >= 4 is 11.5 Å². The van der Waals surface area contributed by atoms with Gasteiger partial charge in [0.15, 0.2) is 0 Å². The van der Waals surface area contributed by atoms with Gasteiger partial charge in [-0.05, 0) is 56.4 Å². The minimum atomic E-state index is -0.323. The van der Waals surface area contributed by atoms with E-state index in [0.717, 1.165) is 51.3 Å². The van der Waals surface area contributed by atoms with Crippen molar-refractivity contribution in [1.82, 2.24) is 15.6 Å². The molecule has 0 aliphatic carbocycles. The van der Waals surface area contributed by atoms with Gasteiger partial charge in [0.25, 0.3) is 0 Å². The molecule has 2 aliphatic heterocycles. The van der Waals surface area contributed by atoms with Gasteiger partial charge < -0.3 is 20.9 Å². The molecule has 3 N–H and O–H groups in total. The molecule has 6 heteroatoms. The lowest BCUT2D eigenvalue weighted by Crippen LogP contribution is -2.32. The third-order valence-electron chi connectivity index (χ3n) is 5.26. The molecule has 1 aromatic heterocycles. The van der Waals surface area contributed by atoms with E-state index in [2.05, 4.69) is 65.2 Å². The van der Waals surface area contributed by atoms with Gasteiger partial charge in [0.2, 0.25) is 0 Å². The number of nitrogens with zero attached hydrogens (tertiary/aromatic N) is 3. The summed E-state index contributed by atoms with van der Waals surface area (Å²) in [6.45, 7) is 10.5. The van der Waals surface area contributed by atoms with E-state index in [1.165, 1.54) is 11.3 Å². The Labute approximate surface area is 157 Å². The molecule has 3 heterocycles. The molecule has 1 unspecified atom stereocenters. The molecule has 2 fully saturated rings. The average molecular weight is 357 g/mol. The molecular weight excluding hydrogens is 324 g/mol. The number of anilines is 2. The highest BCUT2D eigenvalue weighted by Crippen LogP contribution is 2.37. The van der Waals surface area contributed by atoms with Gasteiger partial charge in [0, 0.05) is 33.4 Å². The smallest absolute Gasteiger partial charge is 0.149 e. The molecule has 0 bridgehead atoms. The normalized spacial score (nSPS) is 22.8. The molecule has 2 saturated heterocycles. The second-order valence-corrected chi connectivity index (χ2v) is 7.19. The molecule has 1 atom stereocenters. The van der Waals surface area contributed by atoms with Gasteiger partial charge in [-0.2, -0.15) is 5.26 Å². The summed E-state index contributed by atoms with van der Waals surface area (Å²) < 4.78 is 0. The maximum absolute atomic E-state index is 9.56. The fourth-order valence-corrected chi connectivity index (χ4v) is 3.81. The summed E-state index contributed by atoms with van der Waals surface area (Å²) in [4.78, 5) is 6.74. The number of hydrogen-bond donors (Lipinski definition) is 3. The van der Waals surface area contributed by atoms with Crippen molar-refractivity contribution < 1.29 is 0 Å². The van der Waals surface area contributed by atoms with E-state index in [9.17, 15) is 5.26 Å². The second kappa shape index (κ2) is 9.56. The second-order valence-electron chi connectivity index (χ2n) is 7.19. The van der Waals surface area contributed by atoms with Crippen molar-refractivity contribution in [2.45, 2.75) is 25.2 Å². The van der Waals surface area contributed by atoms with Crippen LogP contribution in [0.4, 0.5) is 11.5 Å². The first-order valence-corrected chi connectivity index (χ1v) is 9.38. The maximum atomic E-state index is 9.56. The number of aromatic nitrogens is 1. The third-order valence-corrected chi connectivity index (χ3v) is 5.26. The van der Waals surface area contributed by atoms with E-state index < -0.39 is 0 Å². The van der Waals surface area contributed by atoms with Gasteiger partial charge in [-0.1, -0.05) is 0 Å². The van der Waals surface area contributed by atoms with Gasteiger partial charge in [-0.25, -0.2) is 4.98 Å². The van der Waals surface area contributed by atoms with Crippen LogP contribution in [0.25, 0.3) is 0 Å². The van der Waals surface area contributed by atoms with E-state index >= 15 is 0 Å². The van der Waals surface area contributed by atoms with E-state index in [0.29, 0.717) is 12.5 Å². The first kappa shape index (κ1) is 20.2. The Morgan fingerprint density at radius 1 is 1.31 bits per heavy atom. The number of nitriles is 1. The van der Waals surface area contributed by atoms with Crippen molar-refractivity contribution in [2.24, 2.45) is 5.41 Å². The summed E-state index contributed by atoms with van der Waals surface area (Å²) in [6.07, 6.45) is 5.12. The Hall–Kier alpha value is -2.10. The predicted molar refractivity (Wildman–Crippen MR) is 109 cm³/mol. The van der Waals surface area contributed by atoms with E-state index in [-0.39, 0.29) is 5.41 Å². The van der Waals surface area contributed by atoms with E-state index in [4.69, 9.17) is 0 Å². The average Bonchev–Trinajstić information content (AvgIpc) is 3.17. The van der Waals surface area contributed by atoms with Gasteiger partial charge in [-0.15, -0.1) is 13.2 Å². The zero-order chi connectivity index (χ0) is 19.0. The minimum Gasteiger partial charge on any atom is -0.374 e. The summed E-state index contributed by atoms with van der Waals surface area (Å²) in [7, 11) is 4.15. The molecule has 142 valence electrons. The van der Waals surface area contributed by atoms with Crippen LogP contribution in [0.5, 0.6) is 0 Å². The predicted octanol–water partition coefficient (Wildman–Crippen LogP) is 2.33. The third kappa shape index (κ3) is 4.54. The van der Waals surface area contributed by atoms with Crippen molar-refractivity contribution in [1.29, 1.82) is 5.26 Å². The number of pyridine rings is 1. The molecule has 1 aromatic rings. The quantitative estimate of drug-likeness (QED) is 0.703. The summed E-state index contributed by atoms with van der Waals surface area (Å²) in [5.74, 6) is 1.47. The maximum Gasteiger partial charge on any atom is 0.149 e. The highest BCUT2D eigenvalue weighted by atomic mass is 15.1. The van der Waals surface area contributed by atoms with Gasteiger partial charge in [0.05, 0.1) is 17.2 Å². The topological polar surface area (TPSA) is 76.0 Å². The van der Waals surface area contributed by atoms with Crippen LogP contribution in [-0.4, -0.2) is 51.8 Å². The Morgan fingerprint density at radius 3 is 2.62 bits per heavy atom. The number of rotatable bonds is 5. The van der Waals surface area contributed by atoms with Crippen molar-refractivity contribution in [3.63, 3.8) is 0 Å². The van der Waals surface area contributed by atoms with Crippen LogP contribution in [0.3, 0.4) is 0 Å². The summed E-state index contributed by atoms with van der Waals surface area (Å²) in [5.41, 5.74) is 2.22. The minimum absolute atomic E-state index is 0.323. The van der Waals surface area contributed by atoms with Gasteiger partial charge in [-0.3, -0.25) is 0 Å². The summed E-state index contributed by atoms with van der Waals surface area (Å²) in [5, 5.41) is 19.8. The van der Waals surface area contributed by atoms with Crippen LogP contribution >= 0.6 is 0 Å². The standard InChI is InChI=1S/C18H28N6.C2H4/c1-24(2)16-15(14-3-7-20-8-4-14)5-9-22-17(16)23-13-18(11-19)6-10-21-12-18;1-2/h5,9,14,20-21H,3-4,6-8,10,12-13H2,1-2H3,(H,22,23);1-2H2. The van der Waals surface area contributed by atoms with Gasteiger partial charge in [0.1, 0.15) is 5.82 Å². The van der Waals surface area contributed by atoms with E-state index in [1.807, 2.05) is 6.20 Å². The highest BCUT2D eigenvalue weighted by molar-refractivity contribution is 5.70. The molecule has 0 saturated carbocycles. The Balaban J connectivity index is 0.00000117. The van der Waals surface area contributed by atoms with Crippen LogP contribution in [-0.2, 0) is 0 Å². The number of nitrogens with one attached hydrogen (secondary N) is 3. The monoisotopic (exact) mass is 356 g/mol. The highest BCUT2D eigenvalue weighted by Gasteiger charge is 2.34. The zero-order valence-corrected chi connectivity index (χ0v) is 16.1. The SMILES string of the molecule is C=C.CN(C)c1c(C2CCNCC2)ccnc1NCC1(C#N)CCNC1. The lowest BCUT2D eigenvalue weighted by Gasteiger charge is -2.29. The molecule has 6 nitrogen and oxygen atoms in total. The van der Waals surface area contributed by atoms with Crippen LogP contribution in [0.15, 0.2) is 25.4 Å². The van der Waals surface area contributed by atoms with Crippen molar-refractivity contribution in [3.8, 4) is 6.07 Å². The first-order chi connectivity index (χ1) is 12.7. The number of piperidine rings is 1. The van der Waals surface area contributed by atoms with Gasteiger partial charge >= 0.3 is 0 Å². The van der Waals surface area contributed by atoms with Crippen LogP contribution < -0.4 is 20.9 Å². The van der Waals surface area contributed by atoms with Crippen LogP contribution in [0.2, 0.25) is 0 Å². The van der Waals surface area contributed by atoms with Crippen LogP contribution in [0, 0.1) is 16.7 Å². The van der Waals surface area contributed by atoms with E-state index in [1.54, 1.807) is 0 Å². The molecule has 3 rings (SSSR count). The fraction of sp³-hybridized carbons (Fsp3) is 0.600. The molecular formula is C20H32N6. The number of hydrogen-bond acceptors (Lipinski definition) is 6. The Bertz CT molecular complexity index is 609. The Morgan fingerprint density at radius 2 is 2.04 bits per heavy atom. The van der Waals surface area contributed by atoms with Crippen molar-refractivity contribution in [2.75, 3.05) is 57.0 Å².